The van der Waals surface area contributed by atoms with Gasteiger partial charge >= 0.3 is 11.4 Å². The molecular formula is C3H8O5S. The first kappa shape index (κ1) is 8.99. The molecule has 56 valence electrons. The van der Waals surface area contributed by atoms with E-state index in [1.54, 1.807) is 0 Å². The number of rotatable bonds is 4. The minimum atomic E-state index is -2.36. The summed E-state index contributed by atoms with van der Waals surface area (Å²) < 4.78 is 21.7. The van der Waals surface area contributed by atoms with E-state index in [4.69, 9.17) is 14.8 Å². The van der Waals surface area contributed by atoms with Crippen LogP contribution in [0.1, 0.15) is 0 Å². The van der Waals surface area contributed by atoms with Crippen molar-refractivity contribution in [3.63, 3.8) is 0 Å². The van der Waals surface area contributed by atoms with Crippen LogP contribution in [0.4, 0.5) is 0 Å². The molecule has 0 heterocycles. The third-order valence-corrected chi connectivity index (χ3v) is 0.910. The lowest BCUT2D eigenvalue weighted by Gasteiger charge is -2.02. The Morgan fingerprint density at radius 1 is 1.67 bits per heavy atom. The van der Waals surface area contributed by atoms with Crippen molar-refractivity contribution < 1.29 is 23.2 Å². The first-order valence-corrected chi connectivity index (χ1v) is 3.23. The summed E-state index contributed by atoms with van der Waals surface area (Å²) in [5.74, 6) is 0. The summed E-state index contributed by atoms with van der Waals surface area (Å²) in [5, 5.41) is 16.6. The van der Waals surface area contributed by atoms with Gasteiger partial charge in [0.25, 0.3) is 0 Å². The third-order valence-electron chi connectivity index (χ3n) is 0.572. The summed E-state index contributed by atoms with van der Waals surface area (Å²) in [6.07, 6.45) is -1.08. The van der Waals surface area contributed by atoms with Crippen LogP contribution in [0, 0.1) is 0 Å². The minimum absolute atomic E-state index is 0.334. The van der Waals surface area contributed by atoms with Crippen molar-refractivity contribution in [2.24, 2.45) is 0 Å². The molecule has 0 aromatic heterocycles. The highest BCUT2D eigenvalue weighted by atomic mass is 32.2. The average Bonchev–Trinajstić information content (AvgIpc) is 1.83. The minimum Gasteiger partial charge on any atom is -0.394 e. The van der Waals surface area contributed by atoms with Crippen molar-refractivity contribution in [3.05, 3.63) is 0 Å². The van der Waals surface area contributed by atoms with Crippen molar-refractivity contribution in [1.82, 2.24) is 0 Å². The van der Waals surface area contributed by atoms with Gasteiger partial charge in [0.2, 0.25) is 0 Å². The molecule has 0 saturated heterocycles. The zero-order valence-electron chi connectivity index (χ0n) is 4.56. The molecule has 2 unspecified atom stereocenters. The number of aliphatic hydroxyl groups excluding tert-OH is 2. The van der Waals surface area contributed by atoms with Crippen molar-refractivity contribution in [1.29, 1.82) is 0 Å². The standard InChI is InChI=1S/C3H8O5S/c4-1-3(5)2-8-9(6)7/h3-5H,1-2H2,(H,6,7). The van der Waals surface area contributed by atoms with E-state index >= 15 is 0 Å². The number of hydrogen-bond donors (Lipinski definition) is 3. The van der Waals surface area contributed by atoms with E-state index in [-0.39, 0.29) is 6.61 Å². The predicted molar refractivity (Wildman–Crippen MR) is 29.8 cm³/mol. The average molecular weight is 156 g/mol. The SMILES string of the molecule is O=S(O)OCC(O)CO. The molecule has 0 spiro atoms. The fourth-order valence-corrected chi connectivity index (χ4v) is 0.463. The van der Waals surface area contributed by atoms with Crippen LogP contribution in [0.25, 0.3) is 0 Å². The van der Waals surface area contributed by atoms with Crippen LogP contribution in [-0.2, 0) is 15.5 Å². The summed E-state index contributed by atoms with van der Waals surface area (Å²) in [7, 11) is 0. The zero-order valence-corrected chi connectivity index (χ0v) is 5.37. The maximum Gasteiger partial charge on any atom is 0.301 e. The second-order valence-electron chi connectivity index (χ2n) is 1.34. The molecule has 0 aliphatic carbocycles. The van der Waals surface area contributed by atoms with Gasteiger partial charge in [0.05, 0.1) is 13.2 Å². The Labute approximate surface area is 54.8 Å². The van der Waals surface area contributed by atoms with Crippen LogP contribution in [0.2, 0.25) is 0 Å². The number of hydrogen-bond acceptors (Lipinski definition) is 4. The predicted octanol–water partition coefficient (Wildman–Crippen LogP) is -1.51. The second kappa shape index (κ2) is 4.83. The lowest BCUT2D eigenvalue weighted by atomic mass is 10.4. The second-order valence-corrected chi connectivity index (χ2v) is 2.01. The Morgan fingerprint density at radius 2 is 2.22 bits per heavy atom. The van der Waals surface area contributed by atoms with E-state index in [0.717, 1.165) is 0 Å². The topological polar surface area (TPSA) is 87.0 Å². The molecular weight excluding hydrogens is 148 g/mol. The Hall–Kier alpha value is -0.0100. The van der Waals surface area contributed by atoms with Crippen molar-refractivity contribution in [2.45, 2.75) is 6.10 Å². The molecule has 0 fully saturated rings. The molecule has 0 radical (unpaired) electrons. The van der Waals surface area contributed by atoms with Crippen LogP contribution in [-0.4, -0.2) is 38.3 Å². The van der Waals surface area contributed by atoms with E-state index in [9.17, 15) is 4.21 Å². The highest BCUT2D eigenvalue weighted by molar-refractivity contribution is 7.74. The largest absolute Gasteiger partial charge is 0.394 e. The van der Waals surface area contributed by atoms with E-state index in [1.165, 1.54) is 0 Å². The summed E-state index contributed by atoms with van der Waals surface area (Å²) >= 11 is -2.36. The molecule has 0 bridgehead atoms. The zero-order chi connectivity index (χ0) is 7.28. The quantitative estimate of drug-likeness (QED) is 0.431. The van der Waals surface area contributed by atoms with Crippen molar-refractivity contribution in [2.75, 3.05) is 13.2 Å². The molecule has 0 rings (SSSR count). The van der Waals surface area contributed by atoms with Gasteiger partial charge in [-0.3, -0.25) is 8.74 Å². The van der Waals surface area contributed by atoms with Crippen LogP contribution < -0.4 is 0 Å². The Kier molecular flexibility index (Phi) is 4.83. The Morgan fingerprint density at radius 3 is 2.56 bits per heavy atom. The van der Waals surface area contributed by atoms with Crippen molar-refractivity contribution in [3.8, 4) is 0 Å². The van der Waals surface area contributed by atoms with Gasteiger partial charge in [-0.05, 0) is 0 Å². The molecule has 0 amide bonds. The van der Waals surface area contributed by atoms with Gasteiger partial charge in [-0.15, -0.1) is 0 Å². The first-order chi connectivity index (χ1) is 4.16. The molecule has 5 nitrogen and oxygen atoms in total. The van der Waals surface area contributed by atoms with Gasteiger partial charge in [-0.2, -0.15) is 4.21 Å². The number of aliphatic hydroxyl groups is 2. The third kappa shape index (κ3) is 5.87. The lowest BCUT2D eigenvalue weighted by molar-refractivity contribution is 0.0551. The van der Waals surface area contributed by atoms with E-state index < -0.39 is 24.1 Å². The molecule has 6 heteroatoms. The van der Waals surface area contributed by atoms with Gasteiger partial charge in [-0.25, -0.2) is 0 Å². The highest BCUT2D eigenvalue weighted by Crippen LogP contribution is 1.84. The molecule has 0 saturated carbocycles. The van der Waals surface area contributed by atoms with Gasteiger partial charge in [0, 0.05) is 0 Å². The summed E-state index contributed by atoms with van der Waals surface area (Å²) in [4.78, 5) is 0. The van der Waals surface area contributed by atoms with E-state index in [0.29, 0.717) is 0 Å². The Bertz CT molecular complexity index is 94.2. The van der Waals surface area contributed by atoms with Gasteiger partial charge in [-0.1, -0.05) is 0 Å². The van der Waals surface area contributed by atoms with Crippen LogP contribution in [0.15, 0.2) is 0 Å². The lowest BCUT2D eigenvalue weighted by Crippen LogP contribution is -2.19. The summed E-state index contributed by atoms with van der Waals surface area (Å²) in [6.45, 7) is -0.809. The van der Waals surface area contributed by atoms with Crippen LogP contribution >= 0.6 is 0 Å². The Balaban J connectivity index is 3.16. The summed E-state index contributed by atoms with van der Waals surface area (Å²) in [5.41, 5.74) is 0. The normalized spacial score (nSPS) is 17.2. The fraction of sp³-hybridized carbons (Fsp3) is 1.00. The maximum absolute atomic E-state index is 9.72. The molecule has 0 aliphatic heterocycles. The van der Waals surface area contributed by atoms with Gasteiger partial charge in [0.15, 0.2) is 0 Å². The highest BCUT2D eigenvalue weighted by Gasteiger charge is 2.02. The fourth-order valence-electron chi connectivity index (χ4n) is 0.189. The molecule has 0 aromatic rings. The van der Waals surface area contributed by atoms with Crippen LogP contribution in [0.5, 0.6) is 0 Å². The molecule has 0 aliphatic rings. The van der Waals surface area contributed by atoms with E-state index in [1.807, 2.05) is 0 Å². The van der Waals surface area contributed by atoms with Gasteiger partial charge in [0.1, 0.15) is 6.10 Å². The maximum atomic E-state index is 9.72. The molecule has 9 heavy (non-hydrogen) atoms. The van der Waals surface area contributed by atoms with E-state index in [2.05, 4.69) is 4.18 Å². The van der Waals surface area contributed by atoms with Crippen LogP contribution in [0.3, 0.4) is 0 Å². The van der Waals surface area contributed by atoms with Gasteiger partial charge < -0.3 is 10.2 Å². The smallest absolute Gasteiger partial charge is 0.301 e. The molecule has 0 aromatic carbocycles. The first-order valence-electron chi connectivity index (χ1n) is 2.20. The molecule has 3 N–H and O–H groups in total. The summed E-state index contributed by atoms with van der Waals surface area (Å²) in [6, 6.07) is 0. The molecule has 2 atom stereocenters. The monoisotopic (exact) mass is 156 g/mol. The van der Waals surface area contributed by atoms with Crippen molar-refractivity contribution >= 4 is 11.4 Å².